The third kappa shape index (κ3) is 14.6. The van der Waals surface area contributed by atoms with Gasteiger partial charge in [0.05, 0.1) is 16.1 Å². The van der Waals surface area contributed by atoms with Crippen LogP contribution >= 0.6 is 17.0 Å². The molecule has 0 aliphatic heterocycles. The van der Waals surface area contributed by atoms with Crippen molar-refractivity contribution in [1.29, 1.82) is 0 Å². The SMILES string of the molecule is CCC[Si]C.C[Si](C)(C)c1ccc(-c2cccc3[cH-]c(CC4CCCCC4)cc23)cc1.C[Si](C)(C)c1ccc(-c2cccc3[cH-]c(CC4CCCCC4)cc23)cc1.[Cl][Zr+2][Cl]. The van der Waals surface area contributed by atoms with Crippen molar-refractivity contribution in [3.8, 4) is 22.3 Å². The Morgan fingerprint density at radius 1 is 0.567 bits per heavy atom. The summed E-state index contributed by atoms with van der Waals surface area (Å²) in [5.41, 5.74) is 8.56. The van der Waals surface area contributed by atoms with E-state index in [-0.39, 0.29) is 0 Å². The predicted molar refractivity (Wildman–Crippen MR) is 275 cm³/mol. The second-order valence-corrected chi connectivity index (χ2v) is 34.7. The maximum absolute atomic E-state index is 4.93. The number of benzene rings is 4. The molecule has 2 fully saturated rings. The van der Waals surface area contributed by atoms with Gasteiger partial charge < -0.3 is 0 Å². The first-order chi connectivity index (χ1) is 28.8. The average molecular weight is 968 g/mol. The molecule has 0 unspecified atom stereocenters. The third-order valence-electron chi connectivity index (χ3n) is 12.7. The van der Waals surface area contributed by atoms with E-state index in [2.05, 4.69) is 162 Å². The molecule has 60 heavy (non-hydrogen) atoms. The van der Waals surface area contributed by atoms with Gasteiger partial charge in [-0.15, -0.1) is 69.1 Å². The third-order valence-corrected chi connectivity index (χ3v) is 17.9. The summed E-state index contributed by atoms with van der Waals surface area (Å²) >= 11 is -0.826. The van der Waals surface area contributed by atoms with E-state index in [1.54, 1.807) is 0 Å². The van der Waals surface area contributed by atoms with Crippen molar-refractivity contribution in [2.45, 2.75) is 142 Å². The zero-order chi connectivity index (χ0) is 43.1. The molecule has 6 heteroatoms. The number of fused-ring (bicyclic) bond motifs is 2. The van der Waals surface area contributed by atoms with E-state index in [4.69, 9.17) is 17.0 Å². The van der Waals surface area contributed by atoms with Gasteiger partial charge in [-0.2, -0.15) is 12.1 Å². The second kappa shape index (κ2) is 24.3. The maximum atomic E-state index is 4.93. The number of halogens is 2. The van der Waals surface area contributed by atoms with Gasteiger partial charge in [-0.1, -0.05) is 212 Å². The Balaban J connectivity index is 0.000000193. The van der Waals surface area contributed by atoms with Gasteiger partial charge in [0, 0.05) is 9.52 Å². The molecule has 0 atom stereocenters. The van der Waals surface area contributed by atoms with Crippen LogP contribution in [0.4, 0.5) is 0 Å². The second-order valence-electron chi connectivity index (χ2n) is 19.6. The van der Waals surface area contributed by atoms with Gasteiger partial charge in [0.1, 0.15) is 0 Å². The Kier molecular flexibility index (Phi) is 20.0. The van der Waals surface area contributed by atoms with Crippen LogP contribution in [0.15, 0.2) is 109 Å². The molecule has 2 radical (unpaired) electrons. The van der Waals surface area contributed by atoms with Crippen LogP contribution in [-0.4, -0.2) is 25.7 Å². The summed E-state index contributed by atoms with van der Waals surface area (Å²) in [7, 11) is 8.56. The molecule has 2 aliphatic carbocycles. The Labute approximate surface area is 388 Å². The van der Waals surface area contributed by atoms with Gasteiger partial charge in [-0.05, 0) is 35.8 Å². The van der Waals surface area contributed by atoms with Crippen molar-refractivity contribution in [2.75, 3.05) is 0 Å². The van der Waals surface area contributed by atoms with E-state index >= 15 is 0 Å². The molecule has 0 nitrogen and oxygen atoms in total. The zero-order valence-corrected chi connectivity index (χ0v) is 45.2. The molecule has 0 amide bonds. The Bertz CT molecular complexity index is 1990. The van der Waals surface area contributed by atoms with Gasteiger partial charge in [-0.3, -0.25) is 0 Å². The number of hydrogen-bond acceptors (Lipinski definition) is 0. The van der Waals surface area contributed by atoms with Gasteiger partial charge in [0.25, 0.3) is 0 Å². The van der Waals surface area contributed by atoms with E-state index in [1.165, 1.54) is 155 Å². The first-order valence-electron chi connectivity index (χ1n) is 23.0. The summed E-state index contributed by atoms with van der Waals surface area (Å²) in [5.74, 6) is 1.81. The fraction of sp³-hybridized carbons (Fsp3) is 0.444. The fourth-order valence-corrected chi connectivity index (χ4v) is 12.2. The van der Waals surface area contributed by atoms with Gasteiger partial charge >= 0.3 is 37.9 Å². The molecule has 0 spiro atoms. The first kappa shape index (κ1) is 49.2. The van der Waals surface area contributed by atoms with Crippen LogP contribution in [0.25, 0.3) is 43.8 Å². The summed E-state index contributed by atoms with van der Waals surface area (Å²) in [5, 5.41) is 8.74. The Hall–Kier alpha value is -1.79. The van der Waals surface area contributed by atoms with Crippen molar-refractivity contribution < 1.29 is 20.8 Å². The molecule has 8 rings (SSSR count). The van der Waals surface area contributed by atoms with Crippen molar-refractivity contribution in [3.05, 3.63) is 120 Å². The van der Waals surface area contributed by atoms with Crippen LogP contribution < -0.4 is 10.4 Å². The van der Waals surface area contributed by atoms with Crippen LogP contribution in [0.1, 0.15) is 88.7 Å². The van der Waals surface area contributed by atoms with Gasteiger partial charge in [-0.25, -0.2) is 0 Å². The minimum absolute atomic E-state index is 0.826. The van der Waals surface area contributed by atoms with Gasteiger partial charge in [0.15, 0.2) is 0 Å². The monoisotopic (exact) mass is 964 g/mol. The predicted octanol–water partition coefficient (Wildman–Crippen LogP) is 16.7. The van der Waals surface area contributed by atoms with Crippen molar-refractivity contribution in [3.63, 3.8) is 0 Å². The van der Waals surface area contributed by atoms with E-state index in [1.807, 2.05) is 0 Å². The van der Waals surface area contributed by atoms with E-state index in [0.717, 1.165) is 21.4 Å². The molecule has 0 heterocycles. The molecule has 318 valence electrons. The molecule has 0 N–H and O–H groups in total. The molecular weight excluding hydrogens is 895 g/mol. The molecule has 0 saturated heterocycles. The van der Waals surface area contributed by atoms with Crippen LogP contribution in [0.2, 0.25) is 51.9 Å². The molecule has 2 saturated carbocycles. The Morgan fingerprint density at radius 3 is 1.23 bits per heavy atom. The summed E-state index contributed by atoms with van der Waals surface area (Å²) < 4.78 is 0. The number of rotatable bonds is 10. The standard InChI is InChI=1S/2C25H31Si.C4H10Si.2ClH.Zr/c2*1-26(2,3)23-14-12-21(13-15-23)24-11-7-10-22-17-20(18-25(22)24)16-19-8-5-4-6-9-19;1-3-4-5-2;;;/h2*7,10-15,17-19H,4-6,8-9,16H2,1-3H3;3-4H2,1-2H3;2*1H;/q2*-1;;;;+4/p-2. The Morgan fingerprint density at radius 2 is 0.933 bits per heavy atom. The average Bonchev–Trinajstić information content (AvgIpc) is 3.85. The van der Waals surface area contributed by atoms with Crippen LogP contribution in [-0.2, 0) is 33.7 Å². The normalized spacial score (nSPS) is 15.0. The first-order valence-corrected chi connectivity index (χ1v) is 38.1. The van der Waals surface area contributed by atoms with Crippen LogP contribution in [0.3, 0.4) is 0 Å². The molecule has 0 aromatic heterocycles. The molecular formula is C54H72Cl2Si3Zr. The number of hydrogen-bond donors (Lipinski definition) is 0. The molecule has 0 bridgehead atoms. The zero-order valence-electron chi connectivity index (χ0n) is 38.2. The van der Waals surface area contributed by atoms with Crippen molar-refractivity contribution in [2.24, 2.45) is 11.8 Å². The topological polar surface area (TPSA) is 0 Å². The quantitative estimate of drug-likeness (QED) is 0.0948. The van der Waals surface area contributed by atoms with Crippen molar-refractivity contribution in [1.82, 2.24) is 0 Å². The van der Waals surface area contributed by atoms with E-state index < -0.39 is 37.0 Å². The van der Waals surface area contributed by atoms with Crippen molar-refractivity contribution >= 4 is 74.6 Å². The van der Waals surface area contributed by atoms with Crippen LogP contribution in [0.5, 0.6) is 0 Å². The van der Waals surface area contributed by atoms with Crippen LogP contribution in [0, 0.1) is 11.8 Å². The molecule has 6 aromatic carbocycles. The van der Waals surface area contributed by atoms with E-state index in [0.29, 0.717) is 0 Å². The van der Waals surface area contributed by atoms with Gasteiger partial charge in [0.2, 0.25) is 0 Å². The molecule has 2 aliphatic rings. The summed E-state index contributed by atoms with van der Waals surface area (Å²) in [4.78, 5) is 0. The minimum atomic E-state index is -1.23. The summed E-state index contributed by atoms with van der Waals surface area (Å²) in [6, 6.07) is 43.5. The summed E-state index contributed by atoms with van der Waals surface area (Å²) in [6.45, 7) is 18.9. The summed E-state index contributed by atoms with van der Waals surface area (Å²) in [6.07, 6.45) is 18.2. The molecule has 6 aromatic rings. The van der Waals surface area contributed by atoms with E-state index in [9.17, 15) is 0 Å². The fourth-order valence-electron chi connectivity index (χ4n) is 9.33.